The number of allylic oxidation sites excluding steroid dienone is 1. The average Bonchev–Trinajstić information content (AvgIpc) is 2.74. The summed E-state index contributed by atoms with van der Waals surface area (Å²) in [6.07, 6.45) is 4.29. The van der Waals surface area contributed by atoms with E-state index in [9.17, 15) is 5.11 Å². The number of rotatable bonds is 2. The van der Waals surface area contributed by atoms with Gasteiger partial charge in [0.1, 0.15) is 11.5 Å². The van der Waals surface area contributed by atoms with Crippen LogP contribution in [-0.2, 0) is 0 Å². The number of methoxy groups -OCH3 is 1. The van der Waals surface area contributed by atoms with E-state index in [0.29, 0.717) is 11.5 Å². The van der Waals surface area contributed by atoms with Gasteiger partial charge in [0, 0.05) is 26.9 Å². The third-order valence-electron chi connectivity index (χ3n) is 5.84. The number of hydrogen-bond donors (Lipinski definition) is 2. The number of aromatic hydroxyl groups is 1. The zero-order chi connectivity index (χ0) is 22.6. The summed E-state index contributed by atoms with van der Waals surface area (Å²) in [4.78, 5) is 0. The summed E-state index contributed by atoms with van der Waals surface area (Å²) in [5.74, 6) is 1.91. The summed E-state index contributed by atoms with van der Waals surface area (Å²) in [5.41, 5.74) is 6.93. The third kappa shape index (κ3) is 3.37. The largest absolute Gasteiger partial charge is 0.504 e. The number of fused-ring (bicyclic) bond motifs is 5. The zero-order valence-corrected chi connectivity index (χ0v) is 20.0. The second kappa shape index (κ2) is 7.45. The topological polar surface area (TPSA) is 50.7 Å². The molecule has 2 aliphatic rings. The van der Waals surface area contributed by atoms with Crippen LogP contribution in [-0.4, -0.2) is 17.8 Å². The molecule has 162 valence electrons. The first-order chi connectivity index (χ1) is 15.3. The second-order valence-corrected chi connectivity index (χ2v) is 9.65. The minimum absolute atomic E-state index is 0.0883. The zero-order valence-electron chi connectivity index (χ0n) is 18.4. The van der Waals surface area contributed by atoms with Gasteiger partial charge < -0.3 is 19.9 Å². The van der Waals surface area contributed by atoms with Gasteiger partial charge in [-0.1, -0.05) is 40.2 Å². The van der Waals surface area contributed by atoms with Crippen molar-refractivity contribution in [3.05, 3.63) is 75.8 Å². The Labute approximate surface area is 196 Å². The van der Waals surface area contributed by atoms with Crippen molar-refractivity contribution in [2.24, 2.45) is 0 Å². The molecule has 32 heavy (non-hydrogen) atoms. The molecule has 0 spiro atoms. The van der Waals surface area contributed by atoms with Crippen LogP contribution in [0.3, 0.4) is 0 Å². The van der Waals surface area contributed by atoms with Gasteiger partial charge in [0.2, 0.25) is 0 Å². The fourth-order valence-corrected chi connectivity index (χ4v) is 4.92. The molecule has 0 saturated heterocycles. The minimum Gasteiger partial charge on any atom is -0.504 e. The van der Waals surface area contributed by atoms with Crippen molar-refractivity contribution >= 4 is 39.0 Å². The van der Waals surface area contributed by atoms with E-state index in [2.05, 4.69) is 66.3 Å². The van der Waals surface area contributed by atoms with E-state index in [0.717, 1.165) is 43.7 Å². The van der Waals surface area contributed by atoms with E-state index in [1.54, 1.807) is 19.2 Å². The van der Waals surface area contributed by atoms with Crippen LogP contribution in [0.2, 0.25) is 0 Å². The normalized spacial score (nSPS) is 16.8. The Morgan fingerprint density at radius 3 is 2.47 bits per heavy atom. The molecular weight excluding hydrogens is 466 g/mol. The molecular formula is C27H24BrNO3. The maximum absolute atomic E-state index is 10.5. The number of halogens is 1. The molecule has 0 aliphatic carbocycles. The van der Waals surface area contributed by atoms with E-state index >= 15 is 0 Å². The maximum atomic E-state index is 10.5. The Hall–Kier alpha value is -3.18. The highest BCUT2D eigenvalue weighted by molar-refractivity contribution is 9.10. The molecule has 0 bridgehead atoms. The first kappa shape index (κ1) is 20.7. The molecule has 4 nitrogen and oxygen atoms in total. The van der Waals surface area contributed by atoms with Crippen LogP contribution >= 0.6 is 15.9 Å². The van der Waals surface area contributed by atoms with E-state index in [1.807, 2.05) is 24.3 Å². The van der Waals surface area contributed by atoms with Gasteiger partial charge in [-0.25, -0.2) is 0 Å². The van der Waals surface area contributed by atoms with Crippen molar-refractivity contribution in [2.45, 2.75) is 26.3 Å². The van der Waals surface area contributed by atoms with Gasteiger partial charge in [0.05, 0.1) is 18.2 Å². The fourth-order valence-electron chi connectivity index (χ4n) is 4.66. The monoisotopic (exact) mass is 489 g/mol. The molecule has 5 heteroatoms. The molecule has 0 unspecified atom stereocenters. The van der Waals surface area contributed by atoms with Crippen LogP contribution in [0, 0.1) is 0 Å². The molecule has 0 fully saturated rings. The van der Waals surface area contributed by atoms with Gasteiger partial charge in [-0.05, 0) is 68.3 Å². The van der Waals surface area contributed by atoms with Crippen LogP contribution in [0.5, 0.6) is 17.2 Å². The first-order valence-corrected chi connectivity index (χ1v) is 11.3. The van der Waals surface area contributed by atoms with Crippen molar-refractivity contribution in [1.29, 1.82) is 0 Å². The summed E-state index contributed by atoms with van der Waals surface area (Å²) >= 11 is 3.50. The van der Waals surface area contributed by atoms with Gasteiger partial charge in [-0.15, -0.1) is 0 Å². The van der Waals surface area contributed by atoms with Crippen molar-refractivity contribution in [3.8, 4) is 28.4 Å². The smallest absolute Gasteiger partial charge is 0.172 e. The molecule has 0 saturated carbocycles. The van der Waals surface area contributed by atoms with E-state index in [-0.39, 0.29) is 11.3 Å². The van der Waals surface area contributed by atoms with E-state index in [4.69, 9.17) is 9.47 Å². The number of ether oxygens (including phenoxy) is 2. The van der Waals surface area contributed by atoms with Crippen molar-refractivity contribution in [1.82, 2.24) is 0 Å². The maximum Gasteiger partial charge on any atom is 0.172 e. The quantitative estimate of drug-likeness (QED) is 0.395. The molecule has 3 aromatic carbocycles. The summed E-state index contributed by atoms with van der Waals surface area (Å²) in [7, 11) is 1.57. The fraction of sp³-hybridized carbons (Fsp3) is 0.185. The van der Waals surface area contributed by atoms with Gasteiger partial charge in [0.25, 0.3) is 0 Å². The van der Waals surface area contributed by atoms with Crippen LogP contribution in [0.15, 0.2) is 59.1 Å². The minimum atomic E-state index is -0.149. The standard InChI is InChI=1S/C27H24BrNO3/c1-15-14-27(2,3)29-19-10-9-18-24(23(15)19)22(13-16-5-7-17(28)8-6-16)32-21-12-11-20(30)26(31-4)25(18)21/h5-14,29-30H,1-4H3. The average molecular weight is 490 g/mol. The molecule has 0 atom stereocenters. The van der Waals surface area contributed by atoms with Gasteiger partial charge in [0.15, 0.2) is 11.5 Å². The lowest BCUT2D eigenvalue weighted by molar-refractivity contribution is 0.371. The van der Waals surface area contributed by atoms with E-state index < -0.39 is 0 Å². The van der Waals surface area contributed by atoms with Crippen molar-refractivity contribution < 1.29 is 14.6 Å². The lowest BCUT2D eigenvalue weighted by atomic mass is 9.83. The van der Waals surface area contributed by atoms with Crippen LogP contribution in [0.1, 0.15) is 37.5 Å². The Kier molecular flexibility index (Phi) is 4.82. The number of benzene rings is 3. The number of anilines is 1. The highest BCUT2D eigenvalue weighted by Crippen LogP contribution is 2.54. The number of nitrogens with one attached hydrogen (secondary N) is 1. The van der Waals surface area contributed by atoms with Gasteiger partial charge in [-0.2, -0.15) is 0 Å². The molecule has 0 radical (unpaired) electrons. The summed E-state index contributed by atoms with van der Waals surface area (Å²) in [6, 6.07) is 15.7. The molecule has 2 heterocycles. The van der Waals surface area contributed by atoms with Gasteiger partial charge in [-0.3, -0.25) is 0 Å². The number of phenols is 1. The summed E-state index contributed by atoms with van der Waals surface area (Å²) in [5, 5.41) is 14.1. The predicted octanol–water partition coefficient (Wildman–Crippen LogP) is 7.33. The second-order valence-electron chi connectivity index (χ2n) is 8.74. The molecule has 2 N–H and O–H groups in total. The van der Waals surface area contributed by atoms with Crippen LogP contribution in [0.4, 0.5) is 5.69 Å². The Morgan fingerprint density at radius 2 is 1.75 bits per heavy atom. The highest BCUT2D eigenvalue weighted by atomic mass is 79.9. The summed E-state index contributed by atoms with van der Waals surface area (Å²) < 4.78 is 13.1. The Balaban J connectivity index is 1.83. The molecule has 0 aromatic heterocycles. The molecule has 0 amide bonds. The van der Waals surface area contributed by atoms with Crippen molar-refractivity contribution in [3.63, 3.8) is 0 Å². The Morgan fingerprint density at radius 1 is 1.00 bits per heavy atom. The van der Waals surface area contributed by atoms with E-state index in [1.165, 1.54) is 5.57 Å². The Bertz CT molecular complexity index is 1300. The van der Waals surface area contributed by atoms with Crippen LogP contribution < -0.4 is 14.8 Å². The lowest BCUT2D eigenvalue weighted by Gasteiger charge is -2.35. The van der Waals surface area contributed by atoms with Gasteiger partial charge >= 0.3 is 0 Å². The predicted molar refractivity (Wildman–Crippen MR) is 134 cm³/mol. The highest BCUT2D eigenvalue weighted by Gasteiger charge is 2.33. The molecule has 5 rings (SSSR count). The van der Waals surface area contributed by atoms with Crippen molar-refractivity contribution in [2.75, 3.05) is 12.4 Å². The first-order valence-electron chi connectivity index (χ1n) is 10.5. The third-order valence-corrected chi connectivity index (χ3v) is 6.37. The number of phenolic OH excluding ortho intramolecular Hbond substituents is 1. The molecule has 3 aromatic rings. The summed E-state index contributed by atoms with van der Waals surface area (Å²) in [6.45, 7) is 6.45. The molecule has 2 aliphatic heterocycles. The SMILES string of the molecule is COc1c(O)ccc2c1-c1ccc3c(c1C(=Cc1ccc(Br)cc1)O2)C(C)=CC(C)(C)N3. The van der Waals surface area contributed by atoms with Crippen LogP contribution in [0.25, 0.3) is 28.5 Å². The number of hydrogen-bond acceptors (Lipinski definition) is 4. The lowest BCUT2D eigenvalue weighted by Crippen LogP contribution is -2.32.